The molecule has 1 nitrogen and oxygen atoms in total. The van der Waals surface area contributed by atoms with E-state index >= 15 is 0 Å². The minimum Gasteiger partial charge on any atom is -0.451 e. The van der Waals surface area contributed by atoms with Gasteiger partial charge in [-0.2, -0.15) is 0 Å². The van der Waals surface area contributed by atoms with Crippen LogP contribution >= 0.6 is 45.2 Å². The second-order valence-corrected chi connectivity index (χ2v) is 3.51. The Hall–Kier alpha value is 0.220. The largest absolute Gasteiger partial charge is 0.451 e. The number of para-hydroxylation sites is 1. The number of benzene rings is 1. The molecule has 0 spiro atoms. The summed E-state index contributed by atoms with van der Waals surface area (Å²) in [5, 5.41) is 0. The van der Waals surface area contributed by atoms with Crippen LogP contribution in [0.2, 0.25) is 0 Å². The van der Waals surface area contributed by atoms with Gasteiger partial charge in [0.15, 0.2) is 3.77 Å². The summed E-state index contributed by atoms with van der Waals surface area (Å²) < 4.78 is 8.18. The van der Waals surface area contributed by atoms with E-state index < -0.39 is 0 Å². The first-order valence-electron chi connectivity index (χ1n) is 3.01. The van der Waals surface area contributed by atoms with Crippen molar-refractivity contribution in [1.29, 1.82) is 0 Å². The Morgan fingerprint density at radius 3 is 2.45 bits per heavy atom. The highest BCUT2D eigenvalue weighted by Crippen LogP contribution is 2.17. The summed E-state index contributed by atoms with van der Waals surface area (Å²) in [6, 6.07) is 9.73. The average molecular weight is 372 g/mol. The lowest BCUT2D eigenvalue weighted by atomic mass is 10.3. The monoisotopic (exact) mass is 372 g/mol. The first-order valence-corrected chi connectivity index (χ1v) is 5.34. The van der Waals surface area contributed by atoms with Gasteiger partial charge < -0.3 is 4.74 Å². The van der Waals surface area contributed by atoms with Crippen molar-refractivity contribution in [3.8, 4) is 5.75 Å². The fourth-order valence-electron chi connectivity index (χ4n) is 0.623. The predicted octanol–water partition coefficient (Wildman–Crippen LogP) is 3.73. The van der Waals surface area contributed by atoms with Gasteiger partial charge in [-0.3, -0.25) is 0 Å². The molecule has 0 aliphatic heterocycles. The molecule has 0 heterocycles. The Kier molecular flexibility index (Phi) is 4.21. The van der Waals surface area contributed by atoms with Gasteiger partial charge in [-0.25, -0.2) is 0 Å². The zero-order valence-electron chi connectivity index (χ0n) is 5.63. The van der Waals surface area contributed by atoms with E-state index in [1.54, 1.807) is 0 Å². The van der Waals surface area contributed by atoms with E-state index in [1.807, 2.05) is 34.4 Å². The Morgan fingerprint density at radius 1 is 1.27 bits per heavy atom. The van der Waals surface area contributed by atoms with Crippen LogP contribution in [-0.2, 0) is 0 Å². The van der Waals surface area contributed by atoms with Crippen LogP contribution in [0.4, 0.5) is 0 Å². The van der Waals surface area contributed by atoms with Gasteiger partial charge in [-0.1, -0.05) is 18.2 Å². The van der Waals surface area contributed by atoms with Crippen molar-refractivity contribution < 1.29 is 4.74 Å². The van der Waals surface area contributed by atoms with Crippen LogP contribution in [0.5, 0.6) is 5.75 Å². The highest BCUT2D eigenvalue weighted by atomic mass is 127. The predicted molar refractivity (Wildman–Crippen MR) is 63.2 cm³/mol. The molecule has 0 N–H and O–H groups in total. The summed E-state index contributed by atoms with van der Waals surface area (Å²) >= 11 is 4.29. The van der Waals surface area contributed by atoms with Gasteiger partial charge in [0.2, 0.25) is 0 Å². The second kappa shape index (κ2) is 4.97. The van der Waals surface area contributed by atoms with Crippen molar-refractivity contribution in [3.63, 3.8) is 0 Å². The molecule has 0 atom stereocenters. The van der Waals surface area contributed by atoms with Gasteiger partial charge in [0, 0.05) is 26.7 Å². The lowest BCUT2D eigenvalue weighted by molar-refractivity contribution is 0.476. The molecule has 0 saturated heterocycles. The third kappa shape index (κ3) is 3.42. The molecule has 0 aliphatic rings. The fourth-order valence-corrected chi connectivity index (χ4v) is 1.00. The van der Waals surface area contributed by atoms with E-state index in [4.69, 9.17) is 4.74 Å². The number of halogens is 2. The first-order chi connectivity index (χ1) is 5.33. The van der Waals surface area contributed by atoms with Crippen LogP contribution < -0.4 is 4.74 Å². The van der Waals surface area contributed by atoms with Crippen LogP contribution in [0, 0.1) is 0 Å². The molecule has 1 aromatic rings. The summed E-state index contributed by atoms with van der Waals surface area (Å²) in [4.78, 5) is 0. The van der Waals surface area contributed by atoms with Crippen molar-refractivity contribution in [2.24, 2.45) is 0 Å². The van der Waals surface area contributed by atoms with Gasteiger partial charge in [-0.15, -0.1) is 0 Å². The molecule has 0 aliphatic carbocycles. The van der Waals surface area contributed by atoms with Gasteiger partial charge in [0.05, 0.1) is 0 Å². The summed E-state index contributed by atoms with van der Waals surface area (Å²) in [5.41, 5.74) is 0. The van der Waals surface area contributed by atoms with E-state index in [1.165, 1.54) is 0 Å². The van der Waals surface area contributed by atoms with Gasteiger partial charge >= 0.3 is 0 Å². The van der Waals surface area contributed by atoms with E-state index in [0.717, 1.165) is 9.52 Å². The molecule has 0 amide bonds. The lowest BCUT2D eigenvalue weighted by Gasteiger charge is -2.01. The molecule has 0 bridgehead atoms. The molecule has 0 saturated carbocycles. The maximum Gasteiger partial charge on any atom is 0.170 e. The van der Waals surface area contributed by atoms with E-state index in [-0.39, 0.29) is 0 Å². The molecule has 0 fully saturated rings. The molecule has 11 heavy (non-hydrogen) atoms. The molecule has 0 radical (unpaired) electrons. The molecular formula is C8H6I2O. The van der Waals surface area contributed by atoms with Crippen molar-refractivity contribution in [3.05, 3.63) is 38.2 Å². The fraction of sp³-hybridized carbons (Fsp3) is 0. The van der Waals surface area contributed by atoms with E-state index in [9.17, 15) is 0 Å². The summed E-state index contributed by atoms with van der Waals surface area (Å²) in [7, 11) is 0. The van der Waals surface area contributed by atoms with Crippen molar-refractivity contribution >= 4 is 45.2 Å². The van der Waals surface area contributed by atoms with Gasteiger partial charge in [0.25, 0.3) is 0 Å². The Morgan fingerprint density at radius 2 is 1.91 bits per heavy atom. The third-order valence-electron chi connectivity index (χ3n) is 1.04. The lowest BCUT2D eigenvalue weighted by Crippen LogP contribution is -1.84. The summed E-state index contributed by atoms with van der Waals surface area (Å²) in [6.45, 7) is 0. The molecule has 0 unspecified atom stereocenters. The molecular weight excluding hydrogens is 366 g/mol. The van der Waals surface area contributed by atoms with Crippen molar-refractivity contribution in [1.82, 2.24) is 0 Å². The Labute approximate surface area is 93.1 Å². The van der Waals surface area contributed by atoms with E-state index in [2.05, 4.69) is 45.2 Å². The number of ether oxygens (including phenoxy) is 1. The number of hydrogen-bond acceptors (Lipinski definition) is 1. The quantitative estimate of drug-likeness (QED) is 0.568. The first kappa shape index (κ1) is 9.31. The van der Waals surface area contributed by atoms with Crippen molar-refractivity contribution in [2.45, 2.75) is 0 Å². The molecule has 58 valence electrons. The minimum absolute atomic E-state index is 0.879. The zero-order valence-corrected chi connectivity index (χ0v) is 9.94. The van der Waals surface area contributed by atoms with Crippen LogP contribution in [-0.4, -0.2) is 0 Å². The molecule has 1 rings (SSSR count). The SMILES string of the molecule is I/C=C(\I)Oc1ccccc1. The summed E-state index contributed by atoms with van der Waals surface area (Å²) in [6.07, 6.45) is 0. The van der Waals surface area contributed by atoms with Crippen LogP contribution in [0.1, 0.15) is 0 Å². The highest BCUT2D eigenvalue weighted by molar-refractivity contribution is 14.1. The highest BCUT2D eigenvalue weighted by Gasteiger charge is 1.92. The maximum atomic E-state index is 5.40. The zero-order chi connectivity index (χ0) is 8.10. The second-order valence-electron chi connectivity index (χ2n) is 1.83. The van der Waals surface area contributed by atoms with Crippen LogP contribution in [0.3, 0.4) is 0 Å². The number of rotatable bonds is 2. The van der Waals surface area contributed by atoms with Crippen LogP contribution in [0.25, 0.3) is 0 Å². The standard InChI is InChI=1S/C8H6I2O/c9-6-8(10)11-7-4-2-1-3-5-7/h1-6H/b8-6+. The van der Waals surface area contributed by atoms with Crippen molar-refractivity contribution in [2.75, 3.05) is 0 Å². The van der Waals surface area contributed by atoms with Gasteiger partial charge in [-0.05, 0) is 34.7 Å². The topological polar surface area (TPSA) is 9.23 Å². The minimum atomic E-state index is 0.879. The molecule has 3 heteroatoms. The normalized spacial score (nSPS) is 11.3. The average Bonchev–Trinajstić information content (AvgIpc) is 2.06. The van der Waals surface area contributed by atoms with Gasteiger partial charge in [0.1, 0.15) is 5.75 Å². The van der Waals surface area contributed by atoms with E-state index in [0.29, 0.717) is 0 Å². The molecule has 1 aromatic carbocycles. The third-order valence-corrected chi connectivity index (χ3v) is 3.33. The smallest absolute Gasteiger partial charge is 0.170 e. The van der Waals surface area contributed by atoms with Crippen LogP contribution in [0.15, 0.2) is 38.2 Å². The Bertz CT molecular complexity index is 244. The number of hydrogen-bond donors (Lipinski definition) is 0. The summed E-state index contributed by atoms with van der Waals surface area (Å²) in [5.74, 6) is 0.879. The maximum absolute atomic E-state index is 5.40. The Balaban J connectivity index is 2.65. The molecule has 0 aromatic heterocycles.